The number of alkyl halides is 3. The Labute approximate surface area is 131 Å². The lowest BCUT2D eigenvalue weighted by Gasteiger charge is -2.33. The van der Waals surface area contributed by atoms with Crippen LogP contribution < -0.4 is 0 Å². The standard InChI is InChI=1S/C15H19BrF3NO/c16-13-3-1-2-11(10-13)14(21)6-9-20-7-4-12(5-8-20)15(17,18)19/h1-3,10,12,14,21H,4-9H2. The van der Waals surface area contributed by atoms with Crippen LogP contribution in [0.25, 0.3) is 0 Å². The lowest BCUT2D eigenvalue weighted by Crippen LogP contribution is -2.39. The van der Waals surface area contributed by atoms with Gasteiger partial charge in [-0.15, -0.1) is 0 Å². The van der Waals surface area contributed by atoms with E-state index in [0.29, 0.717) is 26.1 Å². The zero-order chi connectivity index (χ0) is 15.5. The third-order valence-corrected chi connectivity index (χ3v) is 4.50. The van der Waals surface area contributed by atoms with Crippen molar-refractivity contribution < 1.29 is 18.3 Å². The molecule has 0 bridgehead atoms. The summed E-state index contributed by atoms with van der Waals surface area (Å²) in [5, 5.41) is 10.1. The summed E-state index contributed by atoms with van der Waals surface area (Å²) < 4.78 is 38.6. The molecule has 1 aliphatic rings. The average Bonchev–Trinajstić information content (AvgIpc) is 2.44. The van der Waals surface area contributed by atoms with Crippen LogP contribution in [-0.4, -0.2) is 35.8 Å². The molecule has 1 heterocycles. The molecule has 1 fully saturated rings. The Hall–Kier alpha value is -0.590. The van der Waals surface area contributed by atoms with Crippen molar-refractivity contribution in [1.82, 2.24) is 4.90 Å². The Kier molecular flexibility index (Phi) is 5.68. The van der Waals surface area contributed by atoms with Crippen LogP contribution in [0.5, 0.6) is 0 Å². The molecular formula is C15H19BrF3NO. The molecule has 2 nitrogen and oxygen atoms in total. The van der Waals surface area contributed by atoms with E-state index in [1.807, 2.05) is 29.2 Å². The van der Waals surface area contributed by atoms with Crippen molar-refractivity contribution in [3.05, 3.63) is 34.3 Å². The quantitative estimate of drug-likeness (QED) is 0.866. The van der Waals surface area contributed by atoms with E-state index in [1.165, 1.54) is 0 Å². The van der Waals surface area contributed by atoms with Crippen molar-refractivity contribution in [2.24, 2.45) is 5.92 Å². The fourth-order valence-corrected chi connectivity index (χ4v) is 3.09. The molecule has 0 amide bonds. The highest BCUT2D eigenvalue weighted by molar-refractivity contribution is 9.10. The van der Waals surface area contributed by atoms with Gasteiger partial charge in [-0.2, -0.15) is 13.2 Å². The van der Waals surface area contributed by atoms with E-state index in [-0.39, 0.29) is 12.8 Å². The SMILES string of the molecule is OC(CCN1CCC(C(F)(F)F)CC1)c1cccc(Br)c1. The van der Waals surface area contributed by atoms with Gasteiger partial charge in [0.05, 0.1) is 12.0 Å². The number of hydrogen-bond acceptors (Lipinski definition) is 2. The van der Waals surface area contributed by atoms with Crippen LogP contribution in [0, 0.1) is 5.92 Å². The van der Waals surface area contributed by atoms with Gasteiger partial charge in [0, 0.05) is 11.0 Å². The van der Waals surface area contributed by atoms with Gasteiger partial charge in [0.2, 0.25) is 0 Å². The number of rotatable bonds is 4. The van der Waals surface area contributed by atoms with Crippen molar-refractivity contribution in [1.29, 1.82) is 0 Å². The fourth-order valence-electron chi connectivity index (χ4n) is 2.67. The highest BCUT2D eigenvalue weighted by Gasteiger charge is 2.40. The van der Waals surface area contributed by atoms with Gasteiger partial charge in [-0.25, -0.2) is 0 Å². The third kappa shape index (κ3) is 4.97. The molecule has 0 aliphatic carbocycles. The molecule has 0 aromatic heterocycles. The summed E-state index contributed by atoms with van der Waals surface area (Å²) in [6.45, 7) is 1.53. The van der Waals surface area contributed by atoms with Gasteiger partial charge < -0.3 is 10.0 Å². The maximum Gasteiger partial charge on any atom is 0.391 e. The van der Waals surface area contributed by atoms with Crippen molar-refractivity contribution in [3.8, 4) is 0 Å². The molecule has 0 saturated carbocycles. The Bertz CT molecular complexity index is 458. The minimum atomic E-state index is -4.07. The first-order chi connectivity index (χ1) is 9.86. The highest BCUT2D eigenvalue weighted by Crippen LogP contribution is 2.34. The van der Waals surface area contributed by atoms with E-state index in [4.69, 9.17) is 0 Å². The number of likely N-dealkylation sites (tertiary alicyclic amines) is 1. The molecule has 1 unspecified atom stereocenters. The maximum absolute atomic E-state index is 12.6. The maximum atomic E-state index is 12.6. The zero-order valence-electron chi connectivity index (χ0n) is 11.6. The summed E-state index contributed by atoms with van der Waals surface area (Å²) in [6, 6.07) is 7.46. The van der Waals surface area contributed by atoms with Crippen molar-refractivity contribution >= 4 is 15.9 Å². The topological polar surface area (TPSA) is 23.5 Å². The Balaban J connectivity index is 1.77. The van der Waals surface area contributed by atoms with E-state index < -0.39 is 18.2 Å². The summed E-state index contributed by atoms with van der Waals surface area (Å²) in [5.74, 6) is -1.16. The first-order valence-corrected chi connectivity index (χ1v) is 7.88. The third-order valence-electron chi connectivity index (χ3n) is 4.00. The van der Waals surface area contributed by atoms with Crippen LogP contribution in [0.4, 0.5) is 13.2 Å². The Morgan fingerprint density at radius 3 is 2.52 bits per heavy atom. The lowest BCUT2D eigenvalue weighted by molar-refractivity contribution is -0.185. The molecule has 1 aromatic carbocycles. The second-order valence-corrected chi connectivity index (χ2v) is 6.43. The normalized spacial score (nSPS) is 19.7. The van der Waals surface area contributed by atoms with Crippen LogP contribution >= 0.6 is 15.9 Å². The molecular weight excluding hydrogens is 347 g/mol. The van der Waals surface area contributed by atoms with Gasteiger partial charge in [0.15, 0.2) is 0 Å². The van der Waals surface area contributed by atoms with Crippen LogP contribution in [0.15, 0.2) is 28.7 Å². The number of benzene rings is 1. The second-order valence-electron chi connectivity index (χ2n) is 5.52. The number of aliphatic hydroxyl groups is 1. The molecule has 2 rings (SSSR count). The molecule has 21 heavy (non-hydrogen) atoms. The molecule has 118 valence electrons. The van der Waals surface area contributed by atoms with E-state index >= 15 is 0 Å². The molecule has 1 aromatic rings. The zero-order valence-corrected chi connectivity index (χ0v) is 13.2. The molecule has 1 aliphatic heterocycles. The predicted octanol–water partition coefficient (Wildman–Crippen LogP) is 4.15. The van der Waals surface area contributed by atoms with Gasteiger partial charge in [-0.05, 0) is 50.0 Å². The van der Waals surface area contributed by atoms with Gasteiger partial charge in [0.1, 0.15) is 0 Å². The van der Waals surface area contributed by atoms with E-state index in [1.54, 1.807) is 0 Å². The van der Waals surface area contributed by atoms with Crippen LogP contribution in [0.2, 0.25) is 0 Å². The number of hydrogen-bond donors (Lipinski definition) is 1. The fraction of sp³-hybridized carbons (Fsp3) is 0.600. The molecule has 1 atom stereocenters. The highest BCUT2D eigenvalue weighted by atomic mass is 79.9. The van der Waals surface area contributed by atoms with Crippen LogP contribution in [0.1, 0.15) is 30.9 Å². The summed E-state index contributed by atoms with van der Waals surface area (Å²) >= 11 is 3.36. The van der Waals surface area contributed by atoms with Gasteiger partial charge in [-0.3, -0.25) is 0 Å². The molecule has 6 heteroatoms. The summed E-state index contributed by atoms with van der Waals surface area (Å²) in [6.07, 6.45) is -3.79. The van der Waals surface area contributed by atoms with E-state index in [0.717, 1.165) is 10.0 Å². The average molecular weight is 366 g/mol. The minimum absolute atomic E-state index is 0.163. The Morgan fingerprint density at radius 1 is 1.29 bits per heavy atom. The van der Waals surface area contributed by atoms with Crippen LogP contribution in [0.3, 0.4) is 0 Å². The Morgan fingerprint density at radius 2 is 1.95 bits per heavy atom. The van der Waals surface area contributed by atoms with Crippen LogP contribution in [-0.2, 0) is 0 Å². The van der Waals surface area contributed by atoms with Crippen molar-refractivity contribution in [2.45, 2.75) is 31.5 Å². The van der Waals surface area contributed by atoms with Gasteiger partial charge >= 0.3 is 6.18 Å². The van der Waals surface area contributed by atoms with E-state index in [9.17, 15) is 18.3 Å². The monoisotopic (exact) mass is 365 g/mol. The number of aliphatic hydroxyl groups excluding tert-OH is 1. The number of halogens is 4. The lowest BCUT2D eigenvalue weighted by atomic mass is 9.96. The molecule has 1 saturated heterocycles. The summed E-state index contributed by atoms with van der Waals surface area (Å²) in [5.41, 5.74) is 0.828. The van der Waals surface area contributed by atoms with Crippen molar-refractivity contribution in [3.63, 3.8) is 0 Å². The number of piperidine rings is 1. The number of nitrogens with zero attached hydrogens (tertiary/aromatic N) is 1. The molecule has 0 spiro atoms. The van der Waals surface area contributed by atoms with E-state index in [2.05, 4.69) is 15.9 Å². The largest absolute Gasteiger partial charge is 0.391 e. The molecule has 1 N–H and O–H groups in total. The molecule has 0 radical (unpaired) electrons. The minimum Gasteiger partial charge on any atom is -0.388 e. The second kappa shape index (κ2) is 7.11. The van der Waals surface area contributed by atoms with Gasteiger partial charge in [-0.1, -0.05) is 28.1 Å². The smallest absolute Gasteiger partial charge is 0.388 e. The first-order valence-electron chi connectivity index (χ1n) is 7.09. The van der Waals surface area contributed by atoms with Crippen molar-refractivity contribution in [2.75, 3.05) is 19.6 Å². The predicted molar refractivity (Wildman–Crippen MR) is 78.9 cm³/mol. The first kappa shape index (κ1) is 16.8. The van der Waals surface area contributed by atoms with Gasteiger partial charge in [0.25, 0.3) is 0 Å². The summed E-state index contributed by atoms with van der Waals surface area (Å²) in [4.78, 5) is 2.00. The summed E-state index contributed by atoms with van der Waals surface area (Å²) in [7, 11) is 0.